The molecule has 2 aromatic heterocycles. The van der Waals surface area contributed by atoms with E-state index in [0.29, 0.717) is 23.3 Å². The first-order chi connectivity index (χ1) is 12.6. The van der Waals surface area contributed by atoms with Gasteiger partial charge in [-0.1, -0.05) is 0 Å². The number of likely N-dealkylation sites (tertiary alicyclic amines) is 1. The second-order valence-electron chi connectivity index (χ2n) is 6.21. The molecule has 1 amide bonds. The topological polar surface area (TPSA) is 64.3 Å². The summed E-state index contributed by atoms with van der Waals surface area (Å²) in [5, 5.41) is 1.72. The number of hydrogen-bond acceptors (Lipinski definition) is 4. The monoisotopic (exact) mass is 373 g/mol. The SMILES string of the molecule is O=C(Cn1c(=O)n(-c2ccc(F)cc2)c(=O)c2sccc21)N1CCCC1. The fraction of sp³-hybridized carbons (Fsp3) is 0.278. The number of nitrogens with zero attached hydrogens (tertiary/aromatic N) is 3. The van der Waals surface area contributed by atoms with Crippen molar-refractivity contribution in [2.24, 2.45) is 0 Å². The molecule has 8 heteroatoms. The summed E-state index contributed by atoms with van der Waals surface area (Å²) in [6.45, 7) is 1.27. The van der Waals surface area contributed by atoms with Crippen LogP contribution in [0.15, 0.2) is 45.3 Å². The molecule has 0 bridgehead atoms. The quantitative estimate of drug-likeness (QED) is 0.705. The summed E-state index contributed by atoms with van der Waals surface area (Å²) in [6, 6.07) is 6.82. The lowest BCUT2D eigenvalue weighted by Crippen LogP contribution is -2.42. The van der Waals surface area contributed by atoms with Crippen molar-refractivity contribution in [1.29, 1.82) is 0 Å². The molecule has 4 rings (SSSR count). The smallest absolute Gasteiger partial charge is 0.336 e. The summed E-state index contributed by atoms with van der Waals surface area (Å²) in [5.74, 6) is -0.593. The predicted octanol–water partition coefficient (Wildman–Crippen LogP) is 1.98. The lowest BCUT2D eigenvalue weighted by Gasteiger charge is -2.17. The molecule has 1 aromatic carbocycles. The van der Waals surface area contributed by atoms with Gasteiger partial charge in [-0.05, 0) is 48.6 Å². The van der Waals surface area contributed by atoms with Crippen molar-refractivity contribution in [3.05, 3.63) is 62.4 Å². The average Bonchev–Trinajstić information content (AvgIpc) is 3.32. The van der Waals surface area contributed by atoms with Gasteiger partial charge in [0.1, 0.15) is 17.1 Å². The zero-order valence-electron chi connectivity index (χ0n) is 13.9. The molecular weight excluding hydrogens is 357 g/mol. The van der Waals surface area contributed by atoms with Crippen molar-refractivity contribution in [2.75, 3.05) is 13.1 Å². The van der Waals surface area contributed by atoms with E-state index >= 15 is 0 Å². The summed E-state index contributed by atoms with van der Waals surface area (Å²) < 4.78 is 15.9. The van der Waals surface area contributed by atoms with Gasteiger partial charge in [0, 0.05) is 13.1 Å². The second-order valence-corrected chi connectivity index (χ2v) is 7.12. The summed E-state index contributed by atoms with van der Waals surface area (Å²) in [6.07, 6.45) is 1.92. The molecule has 0 aliphatic carbocycles. The summed E-state index contributed by atoms with van der Waals surface area (Å²) in [5.41, 5.74) is -0.327. The number of fused-ring (bicyclic) bond motifs is 1. The highest BCUT2D eigenvalue weighted by Crippen LogP contribution is 2.17. The average molecular weight is 373 g/mol. The molecule has 1 aliphatic rings. The minimum Gasteiger partial charge on any atom is -0.341 e. The zero-order chi connectivity index (χ0) is 18.3. The van der Waals surface area contributed by atoms with Crippen molar-refractivity contribution in [3.63, 3.8) is 0 Å². The standard InChI is InChI=1S/C18H16FN3O3S/c19-12-3-5-13(6-4-12)22-17(24)16-14(7-10-26-16)21(18(22)25)11-15(23)20-8-1-2-9-20/h3-7,10H,1-2,8-9,11H2. The molecule has 0 atom stereocenters. The van der Waals surface area contributed by atoms with Crippen LogP contribution < -0.4 is 11.2 Å². The lowest BCUT2D eigenvalue weighted by molar-refractivity contribution is -0.130. The van der Waals surface area contributed by atoms with Gasteiger partial charge in [0.15, 0.2) is 0 Å². The van der Waals surface area contributed by atoms with E-state index in [1.54, 1.807) is 16.3 Å². The van der Waals surface area contributed by atoms with Crippen LogP contribution >= 0.6 is 11.3 Å². The molecule has 0 radical (unpaired) electrons. The van der Waals surface area contributed by atoms with Gasteiger partial charge >= 0.3 is 5.69 Å². The van der Waals surface area contributed by atoms with Gasteiger partial charge in [-0.3, -0.25) is 14.2 Å². The van der Waals surface area contributed by atoms with Gasteiger partial charge in [-0.2, -0.15) is 0 Å². The minimum absolute atomic E-state index is 0.118. The second kappa shape index (κ2) is 6.53. The van der Waals surface area contributed by atoms with Crippen LogP contribution in [0.4, 0.5) is 4.39 Å². The Balaban J connectivity index is 1.88. The molecule has 3 heterocycles. The number of carbonyl (C=O) groups is 1. The Labute approximate surface area is 151 Å². The lowest BCUT2D eigenvalue weighted by atomic mass is 10.3. The predicted molar refractivity (Wildman–Crippen MR) is 97.5 cm³/mol. The van der Waals surface area contributed by atoms with E-state index in [0.717, 1.165) is 17.4 Å². The van der Waals surface area contributed by atoms with Gasteiger partial charge in [-0.15, -0.1) is 11.3 Å². The number of carbonyl (C=O) groups excluding carboxylic acids is 1. The van der Waals surface area contributed by atoms with E-state index < -0.39 is 17.1 Å². The Kier molecular flexibility index (Phi) is 4.20. The van der Waals surface area contributed by atoms with Crippen LogP contribution in [-0.4, -0.2) is 33.0 Å². The van der Waals surface area contributed by atoms with Gasteiger partial charge in [0.05, 0.1) is 11.2 Å². The molecule has 6 nitrogen and oxygen atoms in total. The first-order valence-corrected chi connectivity index (χ1v) is 9.21. The molecule has 0 spiro atoms. The molecule has 1 aliphatic heterocycles. The number of amides is 1. The van der Waals surface area contributed by atoms with Gasteiger partial charge in [0.25, 0.3) is 5.56 Å². The molecule has 0 N–H and O–H groups in total. The van der Waals surface area contributed by atoms with E-state index in [1.165, 1.54) is 40.2 Å². The first-order valence-electron chi connectivity index (χ1n) is 8.33. The molecule has 1 fully saturated rings. The number of halogens is 1. The van der Waals surface area contributed by atoms with Gasteiger partial charge in [-0.25, -0.2) is 13.8 Å². The summed E-state index contributed by atoms with van der Waals surface area (Å²) in [4.78, 5) is 40.0. The van der Waals surface area contributed by atoms with E-state index in [-0.39, 0.29) is 18.1 Å². The highest BCUT2D eigenvalue weighted by Gasteiger charge is 2.22. The molecule has 0 unspecified atom stereocenters. The van der Waals surface area contributed by atoms with Crippen LogP contribution in [-0.2, 0) is 11.3 Å². The summed E-state index contributed by atoms with van der Waals surface area (Å²) in [7, 11) is 0. The first kappa shape index (κ1) is 16.7. The number of benzene rings is 1. The van der Waals surface area contributed by atoms with Crippen LogP contribution in [0.2, 0.25) is 0 Å². The summed E-state index contributed by atoms with van der Waals surface area (Å²) >= 11 is 1.22. The molecule has 26 heavy (non-hydrogen) atoms. The molecule has 3 aromatic rings. The van der Waals surface area contributed by atoms with Crippen molar-refractivity contribution in [3.8, 4) is 5.69 Å². The largest absolute Gasteiger partial charge is 0.341 e. The molecule has 1 saturated heterocycles. The number of aromatic nitrogens is 2. The minimum atomic E-state index is -0.597. The van der Waals surface area contributed by atoms with Crippen molar-refractivity contribution < 1.29 is 9.18 Å². The molecule has 134 valence electrons. The van der Waals surface area contributed by atoms with Crippen molar-refractivity contribution >= 4 is 27.5 Å². The fourth-order valence-electron chi connectivity index (χ4n) is 3.26. The van der Waals surface area contributed by atoms with Gasteiger partial charge < -0.3 is 4.90 Å². The highest BCUT2D eigenvalue weighted by molar-refractivity contribution is 7.17. The Morgan fingerprint density at radius 1 is 1.08 bits per heavy atom. The molecular formula is C18H16FN3O3S. The van der Waals surface area contributed by atoms with Gasteiger partial charge in [0.2, 0.25) is 5.91 Å². The van der Waals surface area contributed by atoms with Crippen LogP contribution in [0.5, 0.6) is 0 Å². The van der Waals surface area contributed by atoms with Crippen molar-refractivity contribution in [1.82, 2.24) is 14.0 Å². The van der Waals surface area contributed by atoms with Crippen LogP contribution in [0, 0.1) is 5.82 Å². The third-order valence-corrected chi connectivity index (χ3v) is 5.48. The van der Waals surface area contributed by atoms with Crippen LogP contribution in [0.3, 0.4) is 0 Å². The zero-order valence-corrected chi connectivity index (χ0v) is 14.7. The molecule has 0 saturated carbocycles. The third-order valence-electron chi connectivity index (χ3n) is 4.59. The number of thiophene rings is 1. The Hall–Kier alpha value is -2.74. The number of hydrogen-bond donors (Lipinski definition) is 0. The van der Waals surface area contributed by atoms with E-state index in [2.05, 4.69) is 0 Å². The fourth-order valence-corrected chi connectivity index (χ4v) is 4.08. The Morgan fingerprint density at radius 3 is 2.46 bits per heavy atom. The third kappa shape index (κ3) is 2.76. The van der Waals surface area contributed by atoms with Crippen LogP contribution in [0.1, 0.15) is 12.8 Å². The maximum atomic E-state index is 13.2. The maximum Gasteiger partial charge on any atom is 0.336 e. The van der Waals surface area contributed by atoms with Crippen LogP contribution in [0.25, 0.3) is 15.9 Å². The highest BCUT2D eigenvalue weighted by atomic mass is 32.1. The van der Waals surface area contributed by atoms with Crippen molar-refractivity contribution in [2.45, 2.75) is 19.4 Å². The van der Waals surface area contributed by atoms with E-state index in [1.807, 2.05) is 0 Å². The van der Waals surface area contributed by atoms with E-state index in [9.17, 15) is 18.8 Å². The maximum absolute atomic E-state index is 13.2. The Bertz CT molecular complexity index is 1090. The van der Waals surface area contributed by atoms with E-state index in [4.69, 9.17) is 0 Å². The number of rotatable bonds is 3. The Morgan fingerprint density at radius 2 is 1.77 bits per heavy atom. The normalized spacial score (nSPS) is 14.3.